The monoisotopic (exact) mass is 444 g/mol. The standard InChI is InChI=1S/C9H13O2.3C4H9.Sn/c1-7-3-9(5-10,6-11)4-8(7)2;3*1-3-4-2;/h1,10-11H,2-6H2;3*1,3-4H2,2H3;. The summed E-state index contributed by atoms with van der Waals surface area (Å²) in [4.78, 5) is 0. The zero-order chi connectivity index (χ0) is 18.1. The molecule has 0 aromatic rings. The van der Waals surface area contributed by atoms with Gasteiger partial charge in [-0.15, -0.1) is 0 Å². The quantitative estimate of drug-likeness (QED) is 0.385. The van der Waals surface area contributed by atoms with Gasteiger partial charge >= 0.3 is 154 Å². The molecule has 3 heteroatoms. The number of aliphatic hydroxyl groups is 2. The Kier molecular flexibility index (Phi) is 10.2. The van der Waals surface area contributed by atoms with Crippen molar-refractivity contribution in [1.82, 2.24) is 0 Å². The molecule has 24 heavy (non-hydrogen) atoms. The molecule has 0 unspecified atom stereocenters. The van der Waals surface area contributed by atoms with Gasteiger partial charge in [0.25, 0.3) is 0 Å². The molecule has 2 nitrogen and oxygen atoms in total. The van der Waals surface area contributed by atoms with Gasteiger partial charge in [0.15, 0.2) is 0 Å². The Hall–Kier alpha value is 0.199. The third-order valence-corrected chi connectivity index (χ3v) is 20.1. The van der Waals surface area contributed by atoms with Crippen LogP contribution in [0.1, 0.15) is 72.1 Å². The van der Waals surface area contributed by atoms with E-state index in [0.717, 1.165) is 12.8 Å². The molecule has 1 saturated carbocycles. The Morgan fingerprint density at radius 1 is 0.917 bits per heavy atom. The summed E-state index contributed by atoms with van der Waals surface area (Å²) in [6.07, 6.45) is 9.57. The summed E-state index contributed by atoms with van der Waals surface area (Å²) in [5.74, 6) is 0. The molecule has 1 aliphatic rings. The summed E-state index contributed by atoms with van der Waals surface area (Å²) in [6, 6.07) is 0. The van der Waals surface area contributed by atoms with Crippen LogP contribution in [0.25, 0.3) is 0 Å². The fraction of sp³-hybridized carbons (Fsp3) is 0.810. The van der Waals surface area contributed by atoms with Gasteiger partial charge in [-0.2, -0.15) is 0 Å². The Morgan fingerprint density at radius 2 is 1.38 bits per heavy atom. The molecule has 0 radical (unpaired) electrons. The van der Waals surface area contributed by atoms with Crippen LogP contribution in [0, 0.1) is 5.41 Å². The molecule has 0 heterocycles. The van der Waals surface area contributed by atoms with Crippen LogP contribution in [0.15, 0.2) is 21.8 Å². The van der Waals surface area contributed by atoms with Crippen molar-refractivity contribution in [3.63, 3.8) is 0 Å². The van der Waals surface area contributed by atoms with Gasteiger partial charge in [0.2, 0.25) is 0 Å². The predicted octanol–water partition coefficient (Wildman–Crippen LogP) is 5.62. The van der Waals surface area contributed by atoms with Crippen LogP contribution in [0.3, 0.4) is 0 Å². The first-order chi connectivity index (χ1) is 11.5. The molecule has 0 atom stereocenters. The molecule has 1 aliphatic carbocycles. The van der Waals surface area contributed by atoms with Crippen LogP contribution < -0.4 is 0 Å². The van der Waals surface area contributed by atoms with Gasteiger partial charge in [-0.3, -0.25) is 0 Å². The Morgan fingerprint density at radius 3 is 1.71 bits per heavy atom. The molecule has 1 rings (SSSR count). The summed E-state index contributed by atoms with van der Waals surface area (Å²) < 4.78 is 7.12. The van der Waals surface area contributed by atoms with Gasteiger partial charge in [-0.05, 0) is 0 Å². The third-order valence-electron chi connectivity index (χ3n) is 5.84. The maximum atomic E-state index is 9.76. The zero-order valence-corrected chi connectivity index (χ0v) is 19.2. The van der Waals surface area contributed by atoms with Crippen LogP contribution in [-0.2, 0) is 0 Å². The van der Waals surface area contributed by atoms with Gasteiger partial charge < -0.3 is 0 Å². The van der Waals surface area contributed by atoms with Crippen molar-refractivity contribution in [3.05, 3.63) is 21.8 Å². The van der Waals surface area contributed by atoms with Gasteiger partial charge in [-0.1, -0.05) is 0 Å². The first-order valence-electron chi connectivity index (χ1n) is 10.1. The molecular formula is C21H40O2Sn. The van der Waals surface area contributed by atoms with E-state index in [9.17, 15) is 10.2 Å². The second-order valence-corrected chi connectivity index (χ2v) is 21.0. The number of allylic oxidation sites excluding steroid dienone is 2. The van der Waals surface area contributed by atoms with Crippen molar-refractivity contribution < 1.29 is 10.2 Å². The first-order valence-corrected chi connectivity index (χ1v) is 17.8. The van der Waals surface area contributed by atoms with E-state index < -0.39 is 18.4 Å². The Labute approximate surface area is 154 Å². The summed E-state index contributed by atoms with van der Waals surface area (Å²) in [5.41, 5.74) is 2.24. The second-order valence-electron chi connectivity index (χ2n) is 8.12. The van der Waals surface area contributed by atoms with Gasteiger partial charge in [-0.25, -0.2) is 0 Å². The Bertz CT molecular complexity index is 388. The average molecular weight is 443 g/mol. The van der Waals surface area contributed by atoms with Crippen molar-refractivity contribution in [2.75, 3.05) is 13.2 Å². The summed E-state index contributed by atoms with van der Waals surface area (Å²) in [7, 11) is 0. The molecule has 0 aromatic heterocycles. The number of unbranched alkanes of at least 4 members (excludes halogenated alkanes) is 3. The molecular weight excluding hydrogens is 403 g/mol. The number of rotatable bonds is 12. The topological polar surface area (TPSA) is 40.5 Å². The second kappa shape index (κ2) is 11.0. The van der Waals surface area contributed by atoms with E-state index in [1.165, 1.54) is 63.0 Å². The molecule has 0 saturated heterocycles. The van der Waals surface area contributed by atoms with E-state index in [2.05, 4.69) is 31.4 Å². The van der Waals surface area contributed by atoms with E-state index in [1.54, 1.807) is 0 Å². The molecule has 0 aromatic carbocycles. The molecule has 0 aliphatic heterocycles. The van der Waals surface area contributed by atoms with Crippen LogP contribution in [0.5, 0.6) is 0 Å². The summed E-state index contributed by atoms with van der Waals surface area (Å²) >= 11 is -2.32. The maximum absolute atomic E-state index is 9.76. The molecule has 1 fully saturated rings. The number of aliphatic hydroxyl groups excluding tert-OH is 2. The average Bonchev–Trinajstić information content (AvgIpc) is 2.92. The SMILES string of the molecule is C=C1CC(CO)(CO)C/C1=[CH]/[Sn]([CH2]CCC)([CH2]CCC)[CH2]CCC. The van der Waals surface area contributed by atoms with Gasteiger partial charge in [0.1, 0.15) is 0 Å². The Balaban J connectivity index is 3.09. The molecule has 0 amide bonds. The number of hydrogen-bond donors (Lipinski definition) is 2. The van der Waals surface area contributed by atoms with Gasteiger partial charge in [0, 0.05) is 0 Å². The van der Waals surface area contributed by atoms with E-state index in [4.69, 9.17) is 0 Å². The zero-order valence-electron chi connectivity index (χ0n) is 16.4. The van der Waals surface area contributed by atoms with E-state index in [-0.39, 0.29) is 18.6 Å². The fourth-order valence-corrected chi connectivity index (χ4v) is 19.5. The molecule has 0 bridgehead atoms. The van der Waals surface area contributed by atoms with Crippen molar-refractivity contribution in [3.8, 4) is 0 Å². The van der Waals surface area contributed by atoms with E-state index in [0.29, 0.717) is 0 Å². The van der Waals surface area contributed by atoms with Crippen molar-refractivity contribution in [2.45, 2.75) is 85.4 Å². The molecule has 0 spiro atoms. The third kappa shape index (κ3) is 6.17. The molecule has 2 N–H and O–H groups in total. The minimum absolute atomic E-state index is 0.0707. The summed E-state index contributed by atoms with van der Waals surface area (Å²) in [6.45, 7) is 11.4. The van der Waals surface area contributed by atoms with E-state index >= 15 is 0 Å². The van der Waals surface area contributed by atoms with Crippen molar-refractivity contribution in [1.29, 1.82) is 0 Å². The van der Waals surface area contributed by atoms with Crippen LogP contribution in [0.4, 0.5) is 0 Å². The predicted molar refractivity (Wildman–Crippen MR) is 108 cm³/mol. The minimum atomic E-state index is -2.32. The first kappa shape index (κ1) is 22.2. The van der Waals surface area contributed by atoms with Gasteiger partial charge in [0.05, 0.1) is 0 Å². The van der Waals surface area contributed by atoms with Crippen LogP contribution in [0.2, 0.25) is 13.3 Å². The normalized spacial score (nSPS) is 19.4. The van der Waals surface area contributed by atoms with Crippen molar-refractivity contribution in [2.24, 2.45) is 5.41 Å². The van der Waals surface area contributed by atoms with E-state index in [1.807, 2.05) is 0 Å². The fourth-order valence-electron chi connectivity index (χ4n) is 4.13. The van der Waals surface area contributed by atoms with Crippen LogP contribution in [-0.4, -0.2) is 41.8 Å². The summed E-state index contributed by atoms with van der Waals surface area (Å²) in [5, 5.41) is 19.5. The number of hydrogen-bond acceptors (Lipinski definition) is 2. The van der Waals surface area contributed by atoms with Crippen LogP contribution >= 0.6 is 0 Å². The van der Waals surface area contributed by atoms with Crippen molar-refractivity contribution >= 4 is 18.4 Å². The molecule has 140 valence electrons.